The van der Waals surface area contributed by atoms with Gasteiger partial charge in [0.05, 0.1) is 16.1 Å². The number of anilines is 1. The first kappa shape index (κ1) is 14.8. The summed E-state index contributed by atoms with van der Waals surface area (Å²) >= 11 is 4.68. The Bertz CT molecular complexity index is 655. The number of aromatic nitrogens is 1. The molecule has 0 spiro atoms. The summed E-state index contributed by atoms with van der Waals surface area (Å²) in [6.07, 6.45) is 0. The SMILES string of the molecule is CCN(CC)c1nc2sc(C(=O)NC3=NCCS3)cc2s1. The molecule has 0 radical (unpaired) electrons. The Morgan fingerprint density at radius 2 is 2.19 bits per heavy atom. The highest BCUT2D eigenvalue weighted by Gasteiger charge is 2.18. The van der Waals surface area contributed by atoms with Gasteiger partial charge in [-0.25, -0.2) is 4.98 Å². The number of rotatable bonds is 4. The Labute approximate surface area is 135 Å². The molecule has 21 heavy (non-hydrogen) atoms. The molecule has 8 heteroatoms. The van der Waals surface area contributed by atoms with Crippen molar-refractivity contribution < 1.29 is 4.79 Å². The molecule has 2 aromatic heterocycles. The van der Waals surface area contributed by atoms with Gasteiger partial charge in [0.15, 0.2) is 10.3 Å². The number of nitrogens with one attached hydrogen (secondary N) is 1. The Hall–Kier alpha value is -1.12. The van der Waals surface area contributed by atoms with Gasteiger partial charge < -0.3 is 10.2 Å². The third-order valence-corrected chi connectivity index (χ3v) is 6.25. The average Bonchev–Trinajstić information content (AvgIpc) is 3.15. The van der Waals surface area contributed by atoms with Crippen LogP contribution >= 0.6 is 34.4 Å². The second-order valence-electron chi connectivity index (χ2n) is 4.44. The molecule has 2 aromatic rings. The predicted molar refractivity (Wildman–Crippen MR) is 93.3 cm³/mol. The molecule has 3 heterocycles. The first-order chi connectivity index (χ1) is 10.2. The number of carbonyl (C=O) groups excluding carboxylic acids is 1. The molecule has 0 atom stereocenters. The van der Waals surface area contributed by atoms with Gasteiger partial charge in [-0.15, -0.1) is 11.3 Å². The molecule has 3 rings (SSSR count). The fourth-order valence-electron chi connectivity index (χ4n) is 2.03. The number of amidine groups is 1. The highest BCUT2D eigenvalue weighted by molar-refractivity contribution is 8.14. The van der Waals surface area contributed by atoms with E-state index in [0.717, 1.165) is 45.2 Å². The van der Waals surface area contributed by atoms with E-state index in [1.807, 2.05) is 6.07 Å². The average molecular weight is 340 g/mol. The second-order valence-corrected chi connectivity index (χ2v) is 7.56. The zero-order valence-electron chi connectivity index (χ0n) is 11.9. The van der Waals surface area contributed by atoms with E-state index in [-0.39, 0.29) is 5.91 Å². The topological polar surface area (TPSA) is 57.6 Å². The van der Waals surface area contributed by atoms with Gasteiger partial charge in [0.1, 0.15) is 4.83 Å². The zero-order chi connectivity index (χ0) is 14.8. The zero-order valence-corrected chi connectivity index (χ0v) is 14.3. The standard InChI is InChI=1S/C13H16N4OS3/c1-3-17(4-2)13-16-11-9(21-13)7-8(20-11)10(18)15-12-14-5-6-19-12/h7H,3-6H2,1-2H3,(H,14,15,18). The number of thiophene rings is 1. The Morgan fingerprint density at radius 1 is 1.38 bits per heavy atom. The molecule has 5 nitrogen and oxygen atoms in total. The number of amides is 1. The van der Waals surface area contributed by atoms with E-state index in [1.165, 1.54) is 11.3 Å². The largest absolute Gasteiger partial charge is 0.349 e. The van der Waals surface area contributed by atoms with E-state index in [4.69, 9.17) is 0 Å². The summed E-state index contributed by atoms with van der Waals surface area (Å²) in [5.74, 6) is 0.868. The van der Waals surface area contributed by atoms with Crippen molar-refractivity contribution in [1.29, 1.82) is 0 Å². The number of thiazole rings is 1. The molecule has 0 aromatic carbocycles. The second kappa shape index (κ2) is 6.33. The molecule has 0 saturated heterocycles. The summed E-state index contributed by atoms with van der Waals surface area (Å²) in [7, 11) is 0. The molecule has 0 fully saturated rings. The third-order valence-electron chi connectivity index (χ3n) is 3.14. The number of hydrogen-bond donors (Lipinski definition) is 1. The van der Waals surface area contributed by atoms with Crippen LogP contribution in [0.3, 0.4) is 0 Å². The van der Waals surface area contributed by atoms with Crippen LogP contribution in [0.4, 0.5) is 5.13 Å². The van der Waals surface area contributed by atoms with Crippen molar-refractivity contribution in [3.63, 3.8) is 0 Å². The van der Waals surface area contributed by atoms with Gasteiger partial charge in [-0.3, -0.25) is 9.79 Å². The minimum atomic E-state index is -0.0808. The van der Waals surface area contributed by atoms with Gasteiger partial charge in [-0.05, 0) is 19.9 Å². The maximum atomic E-state index is 12.2. The first-order valence-electron chi connectivity index (χ1n) is 6.85. The van der Waals surface area contributed by atoms with Gasteiger partial charge in [0.25, 0.3) is 5.91 Å². The van der Waals surface area contributed by atoms with Crippen molar-refractivity contribution >= 4 is 60.2 Å². The first-order valence-corrected chi connectivity index (χ1v) is 9.47. The number of nitrogens with zero attached hydrogens (tertiary/aromatic N) is 3. The minimum absolute atomic E-state index is 0.0808. The number of thioether (sulfide) groups is 1. The molecule has 1 aliphatic heterocycles. The predicted octanol–water partition coefficient (Wildman–Crippen LogP) is 3.04. The molecular weight excluding hydrogens is 324 g/mol. The van der Waals surface area contributed by atoms with Crippen LogP contribution < -0.4 is 10.2 Å². The number of carbonyl (C=O) groups is 1. The normalized spacial score (nSPS) is 14.5. The van der Waals surface area contributed by atoms with E-state index in [9.17, 15) is 4.79 Å². The van der Waals surface area contributed by atoms with Crippen LogP contribution in [0.25, 0.3) is 9.53 Å². The van der Waals surface area contributed by atoms with Gasteiger partial charge in [-0.2, -0.15) is 0 Å². The molecule has 1 aliphatic rings. The number of aliphatic imine (C=N–C) groups is 1. The van der Waals surface area contributed by atoms with Crippen LogP contribution in [0, 0.1) is 0 Å². The van der Waals surface area contributed by atoms with Gasteiger partial charge in [-0.1, -0.05) is 23.1 Å². The number of hydrogen-bond acceptors (Lipinski definition) is 7. The van der Waals surface area contributed by atoms with E-state index in [0.29, 0.717) is 4.88 Å². The smallest absolute Gasteiger partial charge is 0.267 e. The monoisotopic (exact) mass is 340 g/mol. The van der Waals surface area contributed by atoms with Gasteiger partial charge >= 0.3 is 0 Å². The van der Waals surface area contributed by atoms with E-state index >= 15 is 0 Å². The lowest BCUT2D eigenvalue weighted by Crippen LogP contribution is -2.26. The van der Waals surface area contributed by atoms with Crippen molar-refractivity contribution in [3.8, 4) is 0 Å². The highest BCUT2D eigenvalue weighted by atomic mass is 32.2. The molecule has 0 unspecified atom stereocenters. The number of fused-ring (bicyclic) bond motifs is 1. The van der Waals surface area contributed by atoms with E-state index in [1.54, 1.807) is 23.1 Å². The highest BCUT2D eigenvalue weighted by Crippen LogP contribution is 2.34. The van der Waals surface area contributed by atoms with Gasteiger partial charge in [0, 0.05) is 18.8 Å². The molecule has 0 aliphatic carbocycles. The van der Waals surface area contributed by atoms with Crippen LogP contribution in [-0.4, -0.2) is 41.4 Å². The summed E-state index contributed by atoms with van der Waals surface area (Å²) in [6, 6.07) is 1.93. The summed E-state index contributed by atoms with van der Waals surface area (Å²) < 4.78 is 1.08. The maximum Gasteiger partial charge on any atom is 0.267 e. The Balaban J connectivity index is 1.78. The molecular formula is C13H16N4OS3. The molecule has 0 saturated carbocycles. The maximum absolute atomic E-state index is 12.2. The van der Waals surface area contributed by atoms with Crippen molar-refractivity contribution in [2.75, 3.05) is 30.3 Å². The Morgan fingerprint density at radius 3 is 2.81 bits per heavy atom. The Kier molecular flexibility index (Phi) is 4.46. The molecule has 1 N–H and O–H groups in total. The summed E-state index contributed by atoms with van der Waals surface area (Å²) in [5, 5.41) is 4.62. The molecule has 0 bridgehead atoms. The lowest BCUT2D eigenvalue weighted by molar-refractivity contribution is 0.0982. The van der Waals surface area contributed by atoms with Gasteiger partial charge in [0.2, 0.25) is 0 Å². The van der Waals surface area contributed by atoms with Crippen LogP contribution in [-0.2, 0) is 0 Å². The lowest BCUT2D eigenvalue weighted by atomic mass is 10.4. The van der Waals surface area contributed by atoms with Crippen molar-refractivity contribution in [2.24, 2.45) is 4.99 Å². The van der Waals surface area contributed by atoms with E-state index in [2.05, 4.69) is 34.0 Å². The van der Waals surface area contributed by atoms with Crippen LogP contribution in [0.1, 0.15) is 23.5 Å². The molecule has 1 amide bonds. The summed E-state index contributed by atoms with van der Waals surface area (Å²) in [4.78, 5) is 24.9. The summed E-state index contributed by atoms with van der Waals surface area (Å²) in [6.45, 7) is 6.92. The fraction of sp³-hybridized carbons (Fsp3) is 0.462. The summed E-state index contributed by atoms with van der Waals surface area (Å²) in [5.41, 5.74) is 0. The third kappa shape index (κ3) is 3.07. The quantitative estimate of drug-likeness (QED) is 0.929. The van der Waals surface area contributed by atoms with Crippen LogP contribution in [0.15, 0.2) is 11.1 Å². The van der Waals surface area contributed by atoms with Crippen LogP contribution in [0.2, 0.25) is 0 Å². The van der Waals surface area contributed by atoms with Crippen molar-refractivity contribution in [2.45, 2.75) is 13.8 Å². The van der Waals surface area contributed by atoms with E-state index < -0.39 is 0 Å². The van der Waals surface area contributed by atoms with Crippen LogP contribution in [0.5, 0.6) is 0 Å². The minimum Gasteiger partial charge on any atom is -0.349 e. The fourth-order valence-corrected chi connectivity index (χ4v) is 4.99. The molecule has 112 valence electrons. The van der Waals surface area contributed by atoms with Crippen molar-refractivity contribution in [1.82, 2.24) is 10.3 Å². The lowest BCUT2D eigenvalue weighted by Gasteiger charge is -2.16. The van der Waals surface area contributed by atoms with Crippen molar-refractivity contribution in [3.05, 3.63) is 10.9 Å².